The molecule has 96 valence electrons. The Morgan fingerprint density at radius 2 is 1.95 bits per heavy atom. The molecule has 0 saturated carbocycles. The molecule has 4 heteroatoms. The molecule has 0 atom stereocenters. The van der Waals surface area contributed by atoms with E-state index in [1.807, 2.05) is 12.1 Å². The standard InChI is InChI=1S/C15H13FN2O/c16-12-2-4-13(5-3-12)18-15(19)11-1-6-14-10(9-11)7-8-17-14/h1-6,9,17H,7-8H2,(H,18,19). The van der Waals surface area contributed by atoms with Gasteiger partial charge in [0.15, 0.2) is 0 Å². The third kappa shape index (κ3) is 2.42. The van der Waals surface area contributed by atoms with Crippen LogP contribution >= 0.6 is 0 Å². The normalized spacial score (nSPS) is 12.7. The summed E-state index contributed by atoms with van der Waals surface area (Å²) in [6.45, 7) is 0.915. The van der Waals surface area contributed by atoms with Crippen LogP contribution in [0.4, 0.5) is 15.8 Å². The maximum absolute atomic E-state index is 12.8. The van der Waals surface area contributed by atoms with Crippen molar-refractivity contribution in [3.05, 3.63) is 59.4 Å². The molecule has 19 heavy (non-hydrogen) atoms. The van der Waals surface area contributed by atoms with Gasteiger partial charge in [0.05, 0.1) is 0 Å². The zero-order valence-electron chi connectivity index (χ0n) is 10.2. The van der Waals surface area contributed by atoms with Crippen molar-refractivity contribution in [2.24, 2.45) is 0 Å². The van der Waals surface area contributed by atoms with Crippen LogP contribution in [-0.2, 0) is 6.42 Å². The molecule has 0 aliphatic carbocycles. The van der Waals surface area contributed by atoms with Gasteiger partial charge in [0.25, 0.3) is 5.91 Å². The third-order valence-electron chi connectivity index (χ3n) is 3.18. The first kappa shape index (κ1) is 11.7. The molecule has 3 rings (SSSR count). The molecule has 0 spiro atoms. The Morgan fingerprint density at radius 1 is 1.16 bits per heavy atom. The fourth-order valence-corrected chi connectivity index (χ4v) is 2.18. The second-order valence-electron chi connectivity index (χ2n) is 4.51. The molecular weight excluding hydrogens is 243 g/mol. The fraction of sp³-hybridized carbons (Fsp3) is 0.133. The van der Waals surface area contributed by atoms with Crippen molar-refractivity contribution in [1.29, 1.82) is 0 Å². The largest absolute Gasteiger partial charge is 0.384 e. The van der Waals surface area contributed by atoms with Gasteiger partial charge in [-0.1, -0.05) is 0 Å². The number of benzene rings is 2. The van der Waals surface area contributed by atoms with E-state index in [1.165, 1.54) is 12.1 Å². The van der Waals surface area contributed by atoms with Crippen molar-refractivity contribution in [2.45, 2.75) is 6.42 Å². The highest BCUT2D eigenvalue weighted by molar-refractivity contribution is 6.04. The van der Waals surface area contributed by atoms with Crippen LogP contribution in [0.15, 0.2) is 42.5 Å². The van der Waals surface area contributed by atoms with Crippen LogP contribution in [0, 0.1) is 5.82 Å². The number of anilines is 2. The van der Waals surface area contributed by atoms with Gasteiger partial charge in [0.1, 0.15) is 5.82 Å². The first-order valence-electron chi connectivity index (χ1n) is 6.16. The minimum atomic E-state index is -0.318. The van der Waals surface area contributed by atoms with Gasteiger partial charge in [-0.3, -0.25) is 4.79 Å². The highest BCUT2D eigenvalue weighted by Gasteiger charge is 2.13. The molecule has 2 aromatic rings. The Bertz CT molecular complexity index is 623. The van der Waals surface area contributed by atoms with Gasteiger partial charge >= 0.3 is 0 Å². The summed E-state index contributed by atoms with van der Waals surface area (Å²) in [5.74, 6) is -0.497. The lowest BCUT2D eigenvalue weighted by molar-refractivity contribution is 0.102. The summed E-state index contributed by atoms with van der Waals surface area (Å²) in [7, 11) is 0. The van der Waals surface area contributed by atoms with E-state index in [0.717, 1.165) is 24.2 Å². The van der Waals surface area contributed by atoms with Crippen molar-refractivity contribution in [3.8, 4) is 0 Å². The van der Waals surface area contributed by atoms with Crippen LogP contribution in [0.25, 0.3) is 0 Å². The summed E-state index contributed by atoms with van der Waals surface area (Å²) in [5, 5.41) is 6.00. The number of rotatable bonds is 2. The zero-order valence-corrected chi connectivity index (χ0v) is 10.2. The molecule has 1 heterocycles. The van der Waals surface area contributed by atoms with Gasteiger partial charge in [0, 0.05) is 23.5 Å². The van der Waals surface area contributed by atoms with Gasteiger partial charge in [-0.15, -0.1) is 0 Å². The maximum atomic E-state index is 12.8. The molecule has 1 aliphatic heterocycles. The van der Waals surface area contributed by atoms with Crippen molar-refractivity contribution >= 4 is 17.3 Å². The van der Waals surface area contributed by atoms with Gasteiger partial charge in [-0.05, 0) is 54.4 Å². The second kappa shape index (κ2) is 4.72. The summed E-state index contributed by atoms with van der Waals surface area (Å²) in [6, 6.07) is 11.3. The Labute approximate surface area is 110 Å². The molecule has 0 radical (unpaired) electrons. The third-order valence-corrected chi connectivity index (χ3v) is 3.18. The minimum absolute atomic E-state index is 0.179. The molecule has 0 aromatic heterocycles. The summed E-state index contributed by atoms with van der Waals surface area (Å²) < 4.78 is 12.8. The number of amides is 1. The predicted octanol–water partition coefficient (Wildman–Crippen LogP) is 3.05. The summed E-state index contributed by atoms with van der Waals surface area (Å²) in [5.41, 5.74) is 3.46. The molecule has 0 fully saturated rings. The molecule has 3 nitrogen and oxygen atoms in total. The SMILES string of the molecule is O=C(Nc1ccc(F)cc1)c1ccc2c(c1)CCN2. The summed E-state index contributed by atoms with van der Waals surface area (Å²) >= 11 is 0. The fourth-order valence-electron chi connectivity index (χ4n) is 2.18. The number of nitrogens with one attached hydrogen (secondary N) is 2. The molecule has 1 aliphatic rings. The van der Waals surface area contributed by atoms with E-state index >= 15 is 0 Å². The molecule has 0 bridgehead atoms. The first-order chi connectivity index (χ1) is 9.22. The van der Waals surface area contributed by atoms with Gasteiger partial charge < -0.3 is 10.6 Å². The van der Waals surface area contributed by atoms with Gasteiger partial charge in [-0.25, -0.2) is 4.39 Å². The highest BCUT2D eigenvalue weighted by Crippen LogP contribution is 2.23. The summed E-state index contributed by atoms with van der Waals surface area (Å²) in [6.07, 6.45) is 0.938. The molecule has 1 amide bonds. The summed E-state index contributed by atoms with van der Waals surface area (Å²) in [4.78, 5) is 12.1. The van der Waals surface area contributed by atoms with Crippen LogP contribution in [0.2, 0.25) is 0 Å². The van der Waals surface area contributed by atoms with E-state index < -0.39 is 0 Å². The average Bonchev–Trinajstić information content (AvgIpc) is 2.88. The Kier molecular flexibility index (Phi) is 2.91. The number of fused-ring (bicyclic) bond motifs is 1. The Morgan fingerprint density at radius 3 is 2.74 bits per heavy atom. The number of hydrogen-bond donors (Lipinski definition) is 2. The van der Waals surface area contributed by atoms with Crippen molar-refractivity contribution in [2.75, 3.05) is 17.2 Å². The molecule has 2 N–H and O–H groups in total. The molecular formula is C15H13FN2O. The smallest absolute Gasteiger partial charge is 0.255 e. The van der Waals surface area contributed by atoms with E-state index in [-0.39, 0.29) is 11.7 Å². The van der Waals surface area contributed by atoms with E-state index in [2.05, 4.69) is 10.6 Å². The Hall–Kier alpha value is -2.36. The lowest BCUT2D eigenvalue weighted by Crippen LogP contribution is -2.12. The number of carbonyl (C=O) groups excluding carboxylic acids is 1. The van der Waals surface area contributed by atoms with Crippen molar-refractivity contribution in [1.82, 2.24) is 0 Å². The first-order valence-corrected chi connectivity index (χ1v) is 6.16. The topological polar surface area (TPSA) is 41.1 Å². The number of carbonyl (C=O) groups is 1. The van der Waals surface area contributed by atoms with Crippen LogP contribution in [0.1, 0.15) is 15.9 Å². The van der Waals surface area contributed by atoms with Crippen LogP contribution < -0.4 is 10.6 Å². The van der Waals surface area contributed by atoms with E-state index in [1.54, 1.807) is 18.2 Å². The highest BCUT2D eigenvalue weighted by atomic mass is 19.1. The van der Waals surface area contributed by atoms with Gasteiger partial charge in [0.2, 0.25) is 0 Å². The lowest BCUT2D eigenvalue weighted by atomic mass is 10.1. The van der Waals surface area contributed by atoms with Crippen LogP contribution in [0.3, 0.4) is 0 Å². The van der Waals surface area contributed by atoms with Crippen molar-refractivity contribution in [3.63, 3.8) is 0 Å². The van der Waals surface area contributed by atoms with Crippen LogP contribution in [0.5, 0.6) is 0 Å². The number of hydrogen-bond acceptors (Lipinski definition) is 2. The predicted molar refractivity (Wildman–Crippen MR) is 73.0 cm³/mol. The monoisotopic (exact) mass is 256 g/mol. The Balaban J connectivity index is 1.78. The quantitative estimate of drug-likeness (QED) is 0.867. The average molecular weight is 256 g/mol. The molecule has 0 unspecified atom stereocenters. The zero-order chi connectivity index (χ0) is 13.2. The molecule has 2 aromatic carbocycles. The van der Waals surface area contributed by atoms with Crippen LogP contribution in [-0.4, -0.2) is 12.5 Å². The van der Waals surface area contributed by atoms with E-state index in [0.29, 0.717) is 11.3 Å². The maximum Gasteiger partial charge on any atom is 0.255 e. The second-order valence-corrected chi connectivity index (χ2v) is 4.51. The molecule has 0 saturated heterocycles. The van der Waals surface area contributed by atoms with Crippen molar-refractivity contribution < 1.29 is 9.18 Å². The minimum Gasteiger partial charge on any atom is -0.384 e. The van der Waals surface area contributed by atoms with E-state index in [4.69, 9.17) is 0 Å². The lowest BCUT2D eigenvalue weighted by Gasteiger charge is -2.07. The number of halogens is 1. The van der Waals surface area contributed by atoms with E-state index in [9.17, 15) is 9.18 Å². The van der Waals surface area contributed by atoms with Gasteiger partial charge in [-0.2, -0.15) is 0 Å².